The molecule has 1 saturated heterocycles. The molecule has 1 heterocycles. The van der Waals surface area contributed by atoms with Crippen LogP contribution in [0.4, 0.5) is 4.39 Å². The first kappa shape index (κ1) is 20.2. The lowest BCUT2D eigenvalue weighted by molar-refractivity contribution is -0.00833. The first-order chi connectivity index (χ1) is 10.8. The standard InChI is InChI=1S/C17H26FN3O.HI/c1-3-19-17(20-10-6-9-18)21-11-12-22-16(13-21)15-8-5-4-7-14(15)2;/h4-5,7-8,16H,3,6,9-13H2,1-2H3,(H,19,20);1H. The zero-order chi connectivity index (χ0) is 15.8. The van der Waals surface area contributed by atoms with Crippen LogP contribution in [0.2, 0.25) is 0 Å². The molecule has 1 atom stereocenters. The molecule has 1 aliphatic heterocycles. The number of rotatable bonds is 5. The van der Waals surface area contributed by atoms with Crippen LogP contribution in [0.3, 0.4) is 0 Å². The van der Waals surface area contributed by atoms with Crippen molar-refractivity contribution in [2.24, 2.45) is 4.99 Å². The second-order valence-electron chi connectivity index (χ2n) is 5.44. The number of ether oxygens (including phenoxy) is 1. The number of nitrogens with zero attached hydrogens (tertiary/aromatic N) is 2. The van der Waals surface area contributed by atoms with E-state index in [1.807, 2.05) is 19.1 Å². The van der Waals surface area contributed by atoms with E-state index in [9.17, 15) is 4.39 Å². The van der Waals surface area contributed by atoms with Crippen molar-refractivity contribution in [2.45, 2.75) is 26.4 Å². The Labute approximate surface area is 155 Å². The fraction of sp³-hybridized carbons (Fsp3) is 0.588. The van der Waals surface area contributed by atoms with Crippen LogP contribution in [-0.4, -0.2) is 50.3 Å². The number of hydrogen-bond donors (Lipinski definition) is 1. The summed E-state index contributed by atoms with van der Waals surface area (Å²) in [7, 11) is 0. The smallest absolute Gasteiger partial charge is 0.194 e. The lowest BCUT2D eigenvalue weighted by Gasteiger charge is -2.35. The molecular formula is C17H27FIN3O. The Morgan fingerprint density at radius 2 is 2.22 bits per heavy atom. The van der Waals surface area contributed by atoms with Crippen molar-refractivity contribution >= 4 is 29.9 Å². The fourth-order valence-corrected chi connectivity index (χ4v) is 2.65. The van der Waals surface area contributed by atoms with Gasteiger partial charge in [0.05, 0.1) is 19.8 Å². The number of alkyl halides is 1. The molecule has 1 aromatic carbocycles. The number of morpholine rings is 1. The SMILES string of the molecule is CCNC(=NCCCF)N1CCOC(c2ccccc2C)C1.I. The van der Waals surface area contributed by atoms with Crippen molar-refractivity contribution in [1.29, 1.82) is 0 Å². The highest BCUT2D eigenvalue weighted by Crippen LogP contribution is 2.24. The second-order valence-corrected chi connectivity index (χ2v) is 5.44. The van der Waals surface area contributed by atoms with Gasteiger partial charge < -0.3 is 15.0 Å². The maximum atomic E-state index is 12.3. The molecule has 1 N–H and O–H groups in total. The summed E-state index contributed by atoms with van der Waals surface area (Å²) in [6, 6.07) is 8.32. The van der Waals surface area contributed by atoms with Gasteiger partial charge in [-0.15, -0.1) is 24.0 Å². The summed E-state index contributed by atoms with van der Waals surface area (Å²) in [5, 5.41) is 3.30. The lowest BCUT2D eigenvalue weighted by atomic mass is 10.0. The fourth-order valence-electron chi connectivity index (χ4n) is 2.65. The maximum absolute atomic E-state index is 12.3. The van der Waals surface area contributed by atoms with E-state index in [0.29, 0.717) is 19.6 Å². The molecule has 0 bridgehead atoms. The number of aliphatic imine (C=N–C) groups is 1. The van der Waals surface area contributed by atoms with Crippen LogP contribution in [0.1, 0.15) is 30.6 Å². The topological polar surface area (TPSA) is 36.9 Å². The average molecular weight is 435 g/mol. The van der Waals surface area contributed by atoms with Crippen LogP contribution >= 0.6 is 24.0 Å². The molecular weight excluding hydrogens is 408 g/mol. The van der Waals surface area contributed by atoms with Gasteiger partial charge in [0.25, 0.3) is 0 Å². The molecule has 4 nitrogen and oxygen atoms in total. The Morgan fingerprint density at radius 1 is 1.43 bits per heavy atom. The van der Waals surface area contributed by atoms with Gasteiger partial charge in [0.2, 0.25) is 0 Å². The van der Waals surface area contributed by atoms with Crippen molar-refractivity contribution in [1.82, 2.24) is 10.2 Å². The molecule has 0 spiro atoms. The van der Waals surface area contributed by atoms with E-state index in [0.717, 1.165) is 25.6 Å². The summed E-state index contributed by atoms with van der Waals surface area (Å²) in [6.07, 6.45) is 0.528. The molecule has 0 amide bonds. The first-order valence-corrected chi connectivity index (χ1v) is 8.02. The van der Waals surface area contributed by atoms with Gasteiger partial charge in [0.1, 0.15) is 6.10 Å². The Morgan fingerprint density at radius 3 is 2.91 bits per heavy atom. The van der Waals surface area contributed by atoms with Crippen LogP contribution in [0.5, 0.6) is 0 Å². The van der Waals surface area contributed by atoms with Crippen molar-refractivity contribution in [3.05, 3.63) is 35.4 Å². The van der Waals surface area contributed by atoms with Gasteiger partial charge in [-0.05, 0) is 31.4 Å². The third-order valence-electron chi connectivity index (χ3n) is 3.79. The van der Waals surface area contributed by atoms with Crippen LogP contribution in [0.15, 0.2) is 29.3 Å². The monoisotopic (exact) mass is 435 g/mol. The van der Waals surface area contributed by atoms with E-state index in [1.165, 1.54) is 11.1 Å². The Hall–Kier alpha value is -0.890. The minimum Gasteiger partial charge on any atom is -0.370 e. The van der Waals surface area contributed by atoms with Gasteiger partial charge in [-0.2, -0.15) is 0 Å². The van der Waals surface area contributed by atoms with E-state index in [4.69, 9.17) is 4.74 Å². The maximum Gasteiger partial charge on any atom is 0.194 e. The summed E-state index contributed by atoms with van der Waals surface area (Å²) in [6.45, 7) is 7.41. The van der Waals surface area contributed by atoms with Gasteiger partial charge in [0, 0.05) is 19.6 Å². The quantitative estimate of drug-likeness (QED) is 0.334. The normalized spacial score (nSPS) is 18.5. The van der Waals surface area contributed by atoms with Crippen molar-refractivity contribution < 1.29 is 9.13 Å². The highest BCUT2D eigenvalue weighted by molar-refractivity contribution is 14.0. The van der Waals surface area contributed by atoms with Crippen LogP contribution < -0.4 is 5.32 Å². The molecule has 0 aromatic heterocycles. The first-order valence-electron chi connectivity index (χ1n) is 8.02. The molecule has 23 heavy (non-hydrogen) atoms. The van der Waals surface area contributed by atoms with Gasteiger partial charge >= 0.3 is 0 Å². The van der Waals surface area contributed by atoms with Crippen molar-refractivity contribution in [3.8, 4) is 0 Å². The summed E-state index contributed by atoms with van der Waals surface area (Å²) >= 11 is 0. The highest BCUT2D eigenvalue weighted by atomic mass is 127. The number of nitrogens with one attached hydrogen (secondary N) is 1. The van der Waals surface area contributed by atoms with Crippen molar-refractivity contribution in [3.63, 3.8) is 0 Å². The van der Waals surface area contributed by atoms with Crippen LogP contribution in [0, 0.1) is 6.92 Å². The highest BCUT2D eigenvalue weighted by Gasteiger charge is 2.24. The predicted octanol–water partition coefficient (Wildman–Crippen LogP) is 3.31. The molecule has 6 heteroatoms. The number of hydrogen-bond acceptors (Lipinski definition) is 2. The van der Waals surface area contributed by atoms with Crippen LogP contribution in [-0.2, 0) is 4.74 Å². The molecule has 1 aromatic rings. The molecule has 0 saturated carbocycles. The van der Waals surface area contributed by atoms with E-state index >= 15 is 0 Å². The summed E-state index contributed by atoms with van der Waals surface area (Å²) < 4.78 is 18.2. The molecule has 1 fully saturated rings. The summed E-state index contributed by atoms with van der Waals surface area (Å²) in [5.74, 6) is 0.859. The summed E-state index contributed by atoms with van der Waals surface area (Å²) in [5.41, 5.74) is 2.47. The Balaban J connectivity index is 0.00000264. The zero-order valence-corrected chi connectivity index (χ0v) is 16.3. The lowest BCUT2D eigenvalue weighted by Crippen LogP contribution is -2.48. The second kappa shape index (κ2) is 10.8. The Bertz CT molecular complexity index is 498. The van der Waals surface area contributed by atoms with Gasteiger partial charge in [-0.3, -0.25) is 9.38 Å². The van der Waals surface area contributed by atoms with E-state index in [2.05, 4.69) is 34.3 Å². The Kier molecular flexibility index (Phi) is 9.47. The minimum absolute atomic E-state index is 0. The number of aryl methyl sites for hydroxylation is 1. The molecule has 1 unspecified atom stereocenters. The van der Waals surface area contributed by atoms with E-state index in [1.54, 1.807) is 0 Å². The third-order valence-corrected chi connectivity index (χ3v) is 3.79. The van der Waals surface area contributed by atoms with Gasteiger partial charge in [0.15, 0.2) is 5.96 Å². The predicted molar refractivity (Wildman–Crippen MR) is 103 cm³/mol. The number of guanidine groups is 1. The van der Waals surface area contributed by atoms with Gasteiger partial charge in [-0.25, -0.2) is 0 Å². The number of halogens is 2. The third kappa shape index (κ3) is 5.91. The molecule has 1 aliphatic rings. The molecule has 0 radical (unpaired) electrons. The van der Waals surface area contributed by atoms with Gasteiger partial charge in [-0.1, -0.05) is 24.3 Å². The molecule has 2 rings (SSSR count). The van der Waals surface area contributed by atoms with Crippen molar-refractivity contribution in [2.75, 3.05) is 39.5 Å². The summed E-state index contributed by atoms with van der Waals surface area (Å²) in [4.78, 5) is 6.72. The zero-order valence-electron chi connectivity index (χ0n) is 13.9. The largest absolute Gasteiger partial charge is 0.370 e. The van der Waals surface area contributed by atoms with E-state index < -0.39 is 0 Å². The minimum atomic E-state index is -0.322. The molecule has 130 valence electrons. The number of benzene rings is 1. The average Bonchev–Trinajstić information content (AvgIpc) is 2.55. The van der Waals surface area contributed by atoms with E-state index in [-0.39, 0.29) is 36.8 Å². The van der Waals surface area contributed by atoms with Crippen LogP contribution in [0.25, 0.3) is 0 Å². The molecule has 0 aliphatic carbocycles.